The lowest BCUT2D eigenvalue weighted by Gasteiger charge is -2.28. The first-order valence-electron chi connectivity index (χ1n) is 10.1. The van der Waals surface area contributed by atoms with Crippen LogP contribution in [-0.4, -0.2) is 60.2 Å². The fraction of sp³-hybridized carbons (Fsp3) is 0.455. The Bertz CT molecular complexity index is 715. The summed E-state index contributed by atoms with van der Waals surface area (Å²) in [6.45, 7) is 7.89. The van der Waals surface area contributed by atoms with E-state index in [4.69, 9.17) is 4.74 Å². The summed E-state index contributed by atoms with van der Waals surface area (Å²) >= 11 is 0. The molecule has 1 aromatic carbocycles. The highest BCUT2D eigenvalue weighted by Crippen LogP contribution is 2.13. The predicted molar refractivity (Wildman–Crippen MR) is 111 cm³/mol. The predicted octanol–water partition coefficient (Wildman–Crippen LogP) is 3.40. The zero-order valence-electron chi connectivity index (χ0n) is 16.6. The molecular formula is C22H30N4O2. The lowest BCUT2D eigenvalue weighted by molar-refractivity contribution is 0.0365. The van der Waals surface area contributed by atoms with Crippen LogP contribution < -0.4 is 5.32 Å². The molecular weight excluding hydrogens is 352 g/mol. The number of pyridine rings is 1. The van der Waals surface area contributed by atoms with Crippen molar-refractivity contribution in [2.45, 2.75) is 26.3 Å². The molecule has 2 heterocycles. The second kappa shape index (κ2) is 10.8. The van der Waals surface area contributed by atoms with E-state index in [-0.39, 0.29) is 6.03 Å². The first-order chi connectivity index (χ1) is 13.7. The Kier molecular flexibility index (Phi) is 7.82. The van der Waals surface area contributed by atoms with Crippen LogP contribution in [0.4, 0.5) is 10.5 Å². The number of benzene rings is 1. The molecule has 2 aromatic rings. The van der Waals surface area contributed by atoms with Gasteiger partial charge in [-0.3, -0.25) is 9.88 Å². The summed E-state index contributed by atoms with van der Waals surface area (Å²) in [5.74, 6) is 0. The van der Waals surface area contributed by atoms with Gasteiger partial charge in [0, 0.05) is 50.8 Å². The molecule has 2 amide bonds. The van der Waals surface area contributed by atoms with Crippen molar-refractivity contribution in [1.29, 1.82) is 0 Å². The fourth-order valence-electron chi connectivity index (χ4n) is 3.30. The molecule has 1 aliphatic heterocycles. The third kappa shape index (κ3) is 6.32. The molecule has 6 heteroatoms. The Balaban J connectivity index is 1.59. The lowest BCUT2D eigenvalue weighted by atomic mass is 10.1. The largest absolute Gasteiger partial charge is 0.379 e. The van der Waals surface area contributed by atoms with Crippen LogP contribution in [0.25, 0.3) is 0 Å². The molecule has 1 aromatic heterocycles. The van der Waals surface area contributed by atoms with Gasteiger partial charge in [-0.05, 0) is 42.2 Å². The maximum Gasteiger partial charge on any atom is 0.322 e. The van der Waals surface area contributed by atoms with Gasteiger partial charge in [-0.15, -0.1) is 0 Å². The van der Waals surface area contributed by atoms with Gasteiger partial charge in [0.15, 0.2) is 0 Å². The number of hydrogen-bond donors (Lipinski definition) is 1. The monoisotopic (exact) mass is 382 g/mol. The molecule has 0 bridgehead atoms. The van der Waals surface area contributed by atoms with E-state index in [1.807, 2.05) is 35.4 Å². The van der Waals surface area contributed by atoms with Gasteiger partial charge in [0.25, 0.3) is 0 Å². The van der Waals surface area contributed by atoms with E-state index >= 15 is 0 Å². The van der Waals surface area contributed by atoms with Crippen LogP contribution in [0.5, 0.6) is 0 Å². The molecule has 1 fully saturated rings. The normalized spacial score (nSPS) is 14.6. The van der Waals surface area contributed by atoms with E-state index in [0.717, 1.165) is 56.9 Å². The summed E-state index contributed by atoms with van der Waals surface area (Å²) in [5, 5.41) is 3.03. The molecule has 0 aliphatic carbocycles. The summed E-state index contributed by atoms with van der Waals surface area (Å²) in [6, 6.07) is 11.9. The molecule has 1 saturated heterocycles. The molecule has 0 saturated carbocycles. The van der Waals surface area contributed by atoms with Gasteiger partial charge < -0.3 is 15.0 Å². The topological polar surface area (TPSA) is 57.7 Å². The average molecular weight is 383 g/mol. The number of aryl methyl sites for hydroxylation is 1. The number of rotatable bonds is 8. The molecule has 150 valence electrons. The number of ether oxygens (including phenoxy) is 1. The number of anilines is 1. The molecule has 0 spiro atoms. The van der Waals surface area contributed by atoms with Crippen molar-refractivity contribution >= 4 is 11.7 Å². The molecule has 0 unspecified atom stereocenters. The molecule has 1 N–H and O–H groups in total. The minimum absolute atomic E-state index is 0.0740. The second-order valence-electron chi connectivity index (χ2n) is 7.07. The highest BCUT2D eigenvalue weighted by Gasteiger charge is 2.16. The van der Waals surface area contributed by atoms with E-state index < -0.39 is 0 Å². The average Bonchev–Trinajstić information content (AvgIpc) is 2.75. The van der Waals surface area contributed by atoms with E-state index in [0.29, 0.717) is 13.1 Å². The van der Waals surface area contributed by atoms with Gasteiger partial charge in [-0.1, -0.05) is 25.1 Å². The van der Waals surface area contributed by atoms with Gasteiger partial charge >= 0.3 is 6.03 Å². The summed E-state index contributed by atoms with van der Waals surface area (Å²) in [6.07, 6.45) is 5.49. The number of carbonyl (C=O) groups is 1. The maximum absolute atomic E-state index is 12.9. The maximum atomic E-state index is 12.9. The minimum atomic E-state index is -0.0740. The lowest BCUT2D eigenvalue weighted by Crippen LogP contribution is -2.40. The number of morpholine rings is 1. The van der Waals surface area contributed by atoms with Crippen LogP contribution in [0.2, 0.25) is 0 Å². The molecule has 0 radical (unpaired) electrons. The molecule has 1 aliphatic rings. The van der Waals surface area contributed by atoms with Crippen molar-refractivity contribution in [3.63, 3.8) is 0 Å². The van der Waals surface area contributed by atoms with E-state index in [2.05, 4.69) is 34.3 Å². The first-order valence-corrected chi connectivity index (χ1v) is 10.1. The van der Waals surface area contributed by atoms with Gasteiger partial charge in [-0.25, -0.2) is 4.79 Å². The van der Waals surface area contributed by atoms with Crippen LogP contribution in [0, 0.1) is 0 Å². The highest BCUT2D eigenvalue weighted by molar-refractivity contribution is 5.89. The van der Waals surface area contributed by atoms with Crippen molar-refractivity contribution in [2.24, 2.45) is 0 Å². The summed E-state index contributed by atoms with van der Waals surface area (Å²) < 4.78 is 5.40. The van der Waals surface area contributed by atoms with Crippen LogP contribution in [0.3, 0.4) is 0 Å². The van der Waals surface area contributed by atoms with Gasteiger partial charge in [0.1, 0.15) is 0 Å². The number of carbonyl (C=O) groups excluding carboxylic acids is 1. The van der Waals surface area contributed by atoms with Crippen LogP contribution >= 0.6 is 0 Å². The third-order valence-electron chi connectivity index (χ3n) is 5.00. The Hall–Kier alpha value is -2.44. The number of nitrogens with one attached hydrogen (secondary N) is 1. The molecule has 3 rings (SSSR count). The summed E-state index contributed by atoms with van der Waals surface area (Å²) in [7, 11) is 0. The van der Waals surface area contributed by atoms with Gasteiger partial charge in [0.2, 0.25) is 0 Å². The SMILES string of the molecule is CCc1ccc(NC(=O)N(CCCN2CCOCC2)Cc2cccnc2)cc1. The smallest absolute Gasteiger partial charge is 0.322 e. The van der Waals surface area contributed by atoms with Crippen molar-refractivity contribution < 1.29 is 9.53 Å². The van der Waals surface area contributed by atoms with E-state index in [1.165, 1.54) is 5.56 Å². The highest BCUT2D eigenvalue weighted by atomic mass is 16.5. The van der Waals surface area contributed by atoms with Crippen molar-refractivity contribution in [1.82, 2.24) is 14.8 Å². The van der Waals surface area contributed by atoms with Gasteiger partial charge in [0.05, 0.1) is 13.2 Å². The van der Waals surface area contributed by atoms with Crippen molar-refractivity contribution in [2.75, 3.05) is 44.7 Å². The van der Waals surface area contributed by atoms with Gasteiger partial charge in [-0.2, -0.15) is 0 Å². The number of nitrogens with zero attached hydrogens (tertiary/aromatic N) is 3. The Morgan fingerprint density at radius 3 is 2.64 bits per heavy atom. The summed E-state index contributed by atoms with van der Waals surface area (Å²) in [4.78, 5) is 21.4. The second-order valence-corrected chi connectivity index (χ2v) is 7.07. The fourth-order valence-corrected chi connectivity index (χ4v) is 3.30. The Labute approximate surface area is 167 Å². The quantitative estimate of drug-likeness (QED) is 0.760. The number of aromatic nitrogens is 1. The number of hydrogen-bond acceptors (Lipinski definition) is 4. The van der Waals surface area contributed by atoms with Crippen molar-refractivity contribution in [3.05, 3.63) is 59.9 Å². The zero-order chi connectivity index (χ0) is 19.6. The Morgan fingerprint density at radius 1 is 1.18 bits per heavy atom. The van der Waals surface area contributed by atoms with E-state index in [1.54, 1.807) is 6.20 Å². The van der Waals surface area contributed by atoms with Crippen LogP contribution in [0.1, 0.15) is 24.5 Å². The minimum Gasteiger partial charge on any atom is -0.379 e. The van der Waals surface area contributed by atoms with Crippen LogP contribution in [0.15, 0.2) is 48.8 Å². The molecule has 28 heavy (non-hydrogen) atoms. The summed E-state index contributed by atoms with van der Waals surface area (Å²) in [5.41, 5.74) is 3.12. The number of urea groups is 1. The standard InChI is InChI=1S/C22H30N4O2/c1-2-19-6-8-21(9-7-19)24-22(27)26(18-20-5-3-10-23-17-20)12-4-11-25-13-15-28-16-14-25/h3,5-10,17H,2,4,11-16,18H2,1H3,(H,24,27). The Morgan fingerprint density at radius 2 is 1.96 bits per heavy atom. The zero-order valence-corrected chi connectivity index (χ0v) is 16.6. The molecule has 0 atom stereocenters. The first kappa shape index (κ1) is 20.3. The van der Waals surface area contributed by atoms with Crippen LogP contribution in [-0.2, 0) is 17.7 Å². The third-order valence-corrected chi connectivity index (χ3v) is 5.00. The number of amides is 2. The van der Waals surface area contributed by atoms with E-state index in [9.17, 15) is 4.79 Å². The van der Waals surface area contributed by atoms with Crippen molar-refractivity contribution in [3.8, 4) is 0 Å². The molecule has 6 nitrogen and oxygen atoms in total.